The number of nitrogens with one attached hydrogen (secondary N) is 2. The van der Waals surface area contributed by atoms with E-state index < -0.39 is 16.1 Å². The molecule has 1 atom stereocenters. The zero-order valence-corrected chi connectivity index (χ0v) is 20.3. The van der Waals surface area contributed by atoms with Gasteiger partial charge in [-0.2, -0.15) is 5.26 Å². The topological polar surface area (TPSA) is 124 Å². The summed E-state index contributed by atoms with van der Waals surface area (Å²) in [6.45, 7) is 1.11. The molecule has 9 heteroatoms. The molecule has 1 aromatic heterocycles. The molecule has 3 N–H and O–H groups in total. The highest BCUT2D eigenvalue weighted by atomic mass is 32.2. The van der Waals surface area contributed by atoms with E-state index in [2.05, 4.69) is 15.0 Å². The number of ether oxygens (including phenoxy) is 1. The van der Waals surface area contributed by atoms with Crippen LogP contribution in [0.3, 0.4) is 0 Å². The van der Waals surface area contributed by atoms with Crippen LogP contribution < -0.4 is 14.8 Å². The first-order chi connectivity index (χ1) is 17.4. The number of rotatable bonds is 11. The number of pyridine rings is 1. The van der Waals surface area contributed by atoms with Gasteiger partial charge in [0.1, 0.15) is 23.4 Å². The molecular formula is C27H26N4O4S. The predicted octanol–water partition coefficient (Wildman–Crippen LogP) is 3.48. The van der Waals surface area contributed by atoms with Gasteiger partial charge < -0.3 is 15.2 Å². The highest BCUT2D eigenvalue weighted by molar-refractivity contribution is 7.92. The number of aromatic nitrogens is 1. The maximum atomic E-state index is 12.8. The highest BCUT2D eigenvalue weighted by Gasteiger charge is 2.15. The molecular weight excluding hydrogens is 476 g/mol. The summed E-state index contributed by atoms with van der Waals surface area (Å²) in [7, 11) is -3.76. The number of fused-ring (bicyclic) bond motifs is 1. The molecule has 0 bridgehead atoms. The molecule has 0 aliphatic rings. The summed E-state index contributed by atoms with van der Waals surface area (Å²) in [5.41, 5.74) is 2.73. The molecule has 36 heavy (non-hydrogen) atoms. The Morgan fingerprint density at radius 3 is 2.64 bits per heavy atom. The first-order valence-corrected chi connectivity index (χ1v) is 12.9. The zero-order chi connectivity index (χ0) is 25.4. The lowest BCUT2D eigenvalue weighted by Crippen LogP contribution is -2.32. The smallest absolute Gasteiger partial charge is 0.263 e. The van der Waals surface area contributed by atoms with Crippen LogP contribution in [0.15, 0.2) is 90.0 Å². The van der Waals surface area contributed by atoms with Crippen molar-refractivity contribution in [1.29, 1.82) is 5.26 Å². The van der Waals surface area contributed by atoms with Crippen LogP contribution in [0.5, 0.6) is 5.75 Å². The van der Waals surface area contributed by atoms with Crippen molar-refractivity contribution in [2.75, 3.05) is 24.4 Å². The molecule has 1 unspecified atom stereocenters. The lowest BCUT2D eigenvalue weighted by atomic mass is 10.1. The van der Waals surface area contributed by atoms with E-state index in [9.17, 15) is 13.5 Å². The van der Waals surface area contributed by atoms with Gasteiger partial charge in [-0.1, -0.05) is 36.4 Å². The monoisotopic (exact) mass is 502 g/mol. The number of aliphatic hydroxyl groups excluding tert-OH is 1. The predicted molar refractivity (Wildman–Crippen MR) is 138 cm³/mol. The normalized spacial score (nSPS) is 12.1. The number of anilines is 1. The summed E-state index contributed by atoms with van der Waals surface area (Å²) in [6, 6.07) is 25.0. The standard InChI is InChI=1S/C27H26N4O4S/c28-16-21-4-3-6-25(14-21)35-19-24(32)17-29-13-12-20-8-10-23(11-9-20)31-36(33,34)26-15-22-5-1-2-7-27(22)30-18-26/h1-11,14-15,18,24,29,31-32H,12-13,17,19H2. The maximum absolute atomic E-state index is 12.8. The summed E-state index contributed by atoms with van der Waals surface area (Å²) in [4.78, 5) is 4.33. The van der Waals surface area contributed by atoms with Gasteiger partial charge in [-0.25, -0.2) is 8.42 Å². The Labute approximate surface area is 210 Å². The molecule has 8 nitrogen and oxygen atoms in total. The van der Waals surface area contributed by atoms with Gasteiger partial charge in [-0.05, 0) is 61.0 Å². The Bertz CT molecular complexity index is 1470. The average molecular weight is 503 g/mol. The van der Waals surface area contributed by atoms with Crippen molar-refractivity contribution in [3.05, 3.63) is 96.2 Å². The van der Waals surface area contributed by atoms with Gasteiger partial charge in [0.15, 0.2) is 0 Å². The lowest BCUT2D eigenvalue weighted by Gasteiger charge is -2.13. The van der Waals surface area contributed by atoms with E-state index in [1.807, 2.05) is 42.5 Å². The van der Waals surface area contributed by atoms with Crippen LogP contribution >= 0.6 is 0 Å². The van der Waals surface area contributed by atoms with E-state index in [0.29, 0.717) is 36.5 Å². The van der Waals surface area contributed by atoms with Crippen LogP contribution in [0.4, 0.5) is 5.69 Å². The molecule has 0 aliphatic carbocycles. The van der Waals surface area contributed by atoms with Crippen LogP contribution in [0.2, 0.25) is 0 Å². The molecule has 0 saturated carbocycles. The van der Waals surface area contributed by atoms with Crippen LogP contribution in [-0.2, 0) is 16.4 Å². The van der Waals surface area contributed by atoms with Crippen molar-refractivity contribution in [2.45, 2.75) is 17.4 Å². The van der Waals surface area contributed by atoms with E-state index in [1.165, 1.54) is 6.20 Å². The van der Waals surface area contributed by atoms with Crippen molar-refractivity contribution < 1.29 is 18.3 Å². The summed E-state index contributed by atoms with van der Waals surface area (Å²) in [5, 5.41) is 23.0. The summed E-state index contributed by atoms with van der Waals surface area (Å²) in [6.07, 6.45) is 1.37. The molecule has 3 aromatic carbocycles. The van der Waals surface area contributed by atoms with Gasteiger partial charge in [-0.3, -0.25) is 9.71 Å². The molecule has 0 saturated heterocycles. The Hall–Kier alpha value is -3.97. The van der Waals surface area contributed by atoms with E-state index in [-0.39, 0.29) is 11.5 Å². The van der Waals surface area contributed by atoms with Crippen LogP contribution in [0, 0.1) is 11.3 Å². The molecule has 0 aliphatic heterocycles. The SMILES string of the molecule is N#Cc1cccc(OCC(O)CNCCc2ccc(NS(=O)(=O)c3cnc4ccccc4c3)cc2)c1. The quantitative estimate of drug-likeness (QED) is 0.268. The number of nitriles is 1. The van der Waals surface area contributed by atoms with Gasteiger partial charge in [-0.15, -0.1) is 0 Å². The van der Waals surface area contributed by atoms with Crippen molar-refractivity contribution in [3.8, 4) is 11.8 Å². The number of benzene rings is 3. The first-order valence-electron chi connectivity index (χ1n) is 11.4. The second-order valence-corrected chi connectivity index (χ2v) is 9.91. The average Bonchev–Trinajstić information content (AvgIpc) is 2.90. The molecule has 184 valence electrons. The number of para-hydroxylation sites is 1. The number of sulfonamides is 1. The molecule has 0 amide bonds. The van der Waals surface area contributed by atoms with Crippen LogP contribution in [0.1, 0.15) is 11.1 Å². The van der Waals surface area contributed by atoms with Crippen molar-refractivity contribution in [3.63, 3.8) is 0 Å². The summed E-state index contributed by atoms with van der Waals surface area (Å²) >= 11 is 0. The second kappa shape index (κ2) is 11.6. The summed E-state index contributed by atoms with van der Waals surface area (Å²) in [5.74, 6) is 0.542. The largest absolute Gasteiger partial charge is 0.491 e. The lowest BCUT2D eigenvalue weighted by molar-refractivity contribution is 0.106. The second-order valence-electron chi connectivity index (χ2n) is 8.22. The Morgan fingerprint density at radius 1 is 1.03 bits per heavy atom. The third-order valence-electron chi connectivity index (χ3n) is 5.46. The number of hydrogen-bond acceptors (Lipinski definition) is 7. The number of nitrogens with zero attached hydrogens (tertiary/aromatic N) is 2. The minimum absolute atomic E-state index is 0.106. The van der Waals surface area contributed by atoms with Crippen molar-refractivity contribution >= 4 is 26.6 Å². The van der Waals surface area contributed by atoms with Crippen molar-refractivity contribution in [1.82, 2.24) is 10.3 Å². The van der Waals surface area contributed by atoms with Crippen molar-refractivity contribution in [2.24, 2.45) is 0 Å². The third-order valence-corrected chi connectivity index (χ3v) is 6.81. The highest BCUT2D eigenvalue weighted by Crippen LogP contribution is 2.20. The number of aliphatic hydroxyl groups is 1. The minimum atomic E-state index is -3.76. The van der Waals surface area contributed by atoms with E-state index >= 15 is 0 Å². The Kier molecular flexibility index (Phi) is 8.13. The minimum Gasteiger partial charge on any atom is -0.491 e. The fraction of sp³-hybridized carbons (Fsp3) is 0.185. The fourth-order valence-corrected chi connectivity index (χ4v) is 4.60. The van der Waals surface area contributed by atoms with Crippen LogP contribution in [-0.4, -0.2) is 44.3 Å². The molecule has 1 heterocycles. The van der Waals surface area contributed by atoms with Gasteiger partial charge >= 0.3 is 0 Å². The van der Waals surface area contributed by atoms with E-state index in [1.54, 1.807) is 42.5 Å². The maximum Gasteiger partial charge on any atom is 0.263 e. The molecule has 4 rings (SSSR count). The number of hydrogen-bond donors (Lipinski definition) is 3. The Balaban J connectivity index is 1.22. The van der Waals surface area contributed by atoms with E-state index in [4.69, 9.17) is 10.00 Å². The van der Waals surface area contributed by atoms with E-state index in [0.717, 1.165) is 16.5 Å². The first kappa shape index (κ1) is 25.1. The molecule has 0 fully saturated rings. The van der Waals surface area contributed by atoms with Gasteiger partial charge in [0, 0.05) is 23.8 Å². The summed E-state index contributed by atoms with van der Waals surface area (Å²) < 4.78 is 33.7. The van der Waals surface area contributed by atoms with Gasteiger partial charge in [0.05, 0.1) is 17.1 Å². The fourth-order valence-electron chi connectivity index (χ4n) is 3.56. The molecule has 0 spiro atoms. The van der Waals surface area contributed by atoms with Gasteiger partial charge in [0.2, 0.25) is 0 Å². The molecule has 0 radical (unpaired) electrons. The Morgan fingerprint density at radius 2 is 1.83 bits per heavy atom. The van der Waals surface area contributed by atoms with Crippen LogP contribution in [0.25, 0.3) is 10.9 Å². The third kappa shape index (κ3) is 6.79. The van der Waals surface area contributed by atoms with Gasteiger partial charge in [0.25, 0.3) is 10.0 Å². The zero-order valence-electron chi connectivity index (χ0n) is 19.5. The molecule has 4 aromatic rings.